The number of nitrogens with zero attached hydrogens (tertiary/aromatic N) is 5. The number of nitriles is 1. The molecule has 2 heterocycles. The Kier molecular flexibility index (Phi) is 4.35. The number of benzene rings is 1. The third kappa shape index (κ3) is 3.43. The molecule has 1 N–H and O–H groups in total. The maximum absolute atomic E-state index is 11.0. The van der Waals surface area contributed by atoms with Crippen LogP contribution in [0, 0.1) is 18.3 Å². The first-order chi connectivity index (χ1) is 12.1. The molecule has 0 radical (unpaired) electrons. The second kappa shape index (κ2) is 6.76. The molecule has 0 aliphatic heterocycles. The molecule has 0 spiro atoms. The number of para-hydroxylation sites is 1. The lowest BCUT2D eigenvalue weighted by atomic mass is 10.1. The van der Waals surface area contributed by atoms with Crippen LogP contribution >= 0.6 is 0 Å². The molecule has 25 heavy (non-hydrogen) atoms. The van der Waals surface area contributed by atoms with Crippen molar-refractivity contribution in [1.82, 2.24) is 20.0 Å². The highest BCUT2D eigenvalue weighted by Gasteiger charge is 2.09. The molecule has 0 saturated heterocycles. The number of carbonyl (C=O) groups is 1. The van der Waals surface area contributed by atoms with Gasteiger partial charge in [-0.15, -0.1) is 5.10 Å². The van der Waals surface area contributed by atoms with Crippen molar-refractivity contribution in [1.29, 1.82) is 5.26 Å². The van der Waals surface area contributed by atoms with Crippen LogP contribution in [0.4, 0.5) is 0 Å². The summed E-state index contributed by atoms with van der Waals surface area (Å²) in [5.41, 5.74) is 2.97. The number of aromatic carboxylic acids is 1. The van der Waals surface area contributed by atoms with Gasteiger partial charge >= 0.3 is 5.97 Å². The van der Waals surface area contributed by atoms with Crippen LogP contribution in [0.1, 0.15) is 33.0 Å². The van der Waals surface area contributed by atoms with Gasteiger partial charge in [0.2, 0.25) is 0 Å². The van der Waals surface area contributed by atoms with Crippen molar-refractivity contribution in [2.75, 3.05) is 0 Å². The van der Waals surface area contributed by atoms with E-state index in [0.29, 0.717) is 5.69 Å². The minimum atomic E-state index is -1.15. The molecule has 0 aliphatic rings. The average Bonchev–Trinajstić information content (AvgIpc) is 3.08. The summed E-state index contributed by atoms with van der Waals surface area (Å²) in [5, 5.41) is 26.3. The van der Waals surface area contributed by atoms with Crippen LogP contribution in [-0.2, 0) is 0 Å². The lowest BCUT2D eigenvalue weighted by Gasteiger charge is -2.02. The lowest BCUT2D eigenvalue weighted by molar-refractivity contribution is 0.0690. The van der Waals surface area contributed by atoms with Crippen molar-refractivity contribution >= 4 is 18.1 Å². The quantitative estimate of drug-likeness (QED) is 0.788. The topological polar surface area (TPSA) is 105 Å². The van der Waals surface area contributed by atoms with Gasteiger partial charge in [-0.2, -0.15) is 5.26 Å². The van der Waals surface area contributed by atoms with Gasteiger partial charge < -0.3 is 5.11 Å². The summed E-state index contributed by atoms with van der Waals surface area (Å²) >= 11 is 0. The van der Waals surface area contributed by atoms with Crippen LogP contribution in [0.25, 0.3) is 17.8 Å². The lowest BCUT2D eigenvalue weighted by Crippen LogP contribution is -2.02. The van der Waals surface area contributed by atoms with Gasteiger partial charge in [-0.25, -0.2) is 14.5 Å². The van der Waals surface area contributed by atoms with Crippen LogP contribution in [0.2, 0.25) is 0 Å². The number of aromatic nitrogens is 4. The van der Waals surface area contributed by atoms with Gasteiger partial charge in [0.05, 0.1) is 23.1 Å². The summed E-state index contributed by atoms with van der Waals surface area (Å²) in [5.74, 6) is -1.15. The average molecular weight is 331 g/mol. The van der Waals surface area contributed by atoms with Gasteiger partial charge in [-0.3, -0.25) is 0 Å². The van der Waals surface area contributed by atoms with E-state index < -0.39 is 5.97 Å². The Balaban J connectivity index is 1.91. The minimum Gasteiger partial charge on any atom is -0.477 e. The van der Waals surface area contributed by atoms with Crippen molar-refractivity contribution in [3.63, 3.8) is 0 Å². The second-order valence-corrected chi connectivity index (χ2v) is 5.25. The van der Waals surface area contributed by atoms with Crippen LogP contribution in [0.3, 0.4) is 0 Å². The van der Waals surface area contributed by atoms with Crippen molar-refractivity contribution < 1.29 is 9.90 Å². The van der Waals surface area contributed by atoms with E-state index in [9.17, 15) is 4.79 Å². The molecule has 0 saturated carbocycles. The fraction of sp³-hybridized carbons (Fsp3) is 0.0556. The summed E-state index contributed by atoms with van der Waals surface area (Å²) in [6.45, 7) is 1.98. The Hall–Kier alpha value is -3.79. The zero-order chi connectivity index (χ0) is 17.8. The first-order valence-electron chi connectivity index (χ1n) is 7.39. The SMILES string of the molecule is Cc1ccccc1-n1cc(/C=C/c2nc(C(=O)O)ccc2C#N)nn1. The second-order valence-electron chi connectivity index (χ2n) is 5.25. The summed E-state index contributed by atoms with van der Waals surface area (Å²) in [7, 11) is 0. The first-order valence-corrected chi connectivity index (χ1v) is 7.39. The number of pyridine rings is 1. The van der Waals surface area contributed by atoms with Gasteiger partial charge in [-0.05, 0) is 42.8 Å². The van der Waals surface area contributed by atoms with Crippen molar-refractivity contribution in [2.24, 2.45) is 0 Å². The third-order valence-electron chi connectivity index (χ3n) is 3.55. The number of aryl methyl sites for hydroxylation is 1. The highest BCUT2D eigenvalue weighted by Crippen LogP contribution is 2.14. The van der Waals surface area contributed by atoms with Gasteiger partial charge in [0.15, 0.2) is 0 Å². The number of carboxylic acids is 1. The molecular formula is C18H13N5O2. The molecule has 0 atom stereocenters. The number of carboxylic acid groups (broad SMARTS) is 1. The molecule has 122 valence electrons. The number of hydrogen-bond acceptors (Lipinski definition) is 5. The Morgan fingerprint density at radius 2 is 2.04 bits per heavy atom. The standard InChI is InChI=1S/C18H13N5O2/c1-12-4-2-3-5-17(12)23-11-14(21-22-23)7-9-15-13(10-19)6-8-16(20-15)18(24)25/h2-9,11H,1H3,(H,24,25)/b9-7+. The Bertz CT molecular complexity index is 1010. The Morgan fingerprint density at radius 1 is 1.24 bits per heavy atom. The Morgan fingerprint density at radius 3 is 2.76 bits per heavy atom. The summed E-state index contributed by atoms with van der Waals surface area (Å²) in [6.07, 6.45) is 4.93. The van der Waals surface area contributed by atoms with Crippen molar-refractivity contribution in [3.05, 3.63) is 70.8 Å². The maximum atomic E-state index is 11.0. The van der Waals surface area contributed by atoms with Crippen LogP contribution in [0.5, 0.6) is 0 Å². The van der Waals surface area contributed by atoms with Gasteiger partial charge in [0.1, 0.15) is 17.5 Å². The van der Waals surface area contributed by atoms with Gasteiger partial charge in [-0.1, -0.05) is 23.4 Å². The fourth-order valence-electron chi connectivity index (χ4n) is 2.27. The molecule has 0 bridgehead atoms. The maximum Gasteiger partial charge on any atom is 0.354 e. The van der Waals surface area contributed by atoms with E-state index in [0.717, 1.165) is 11.3 Å². The van der Waals surface area contributed by atoms with E-state index in [1.807, 2.05) is 37.3 Å². The molecule has 3 rings (SSSR count). The van der Waals surface area contributed by atoms with Crippen molar-refractivity contribution in [2.45, 2.75) is 6.92 Å². The molecule has 0 amide bonds. The molecule has 0 aliphatic carbocycles. The van der Waals surface area contributed by atoms with E-state index in [4.69, 9.17) is 10.4 Å². The molecular weight excluding hydrogens is 318 g/mol. The molecule has 3 aromatic rings. The molecule has 7 nitrogen and oxygen atoms in total. The zero-order valence-electron chi connectivity index (χ0n) is 13.3. The summed E-state index contributed by atoms with van der Waals surface area (Å²) in [4.78, 5) is 15.0. The normalized spacial score (nSPS) is 10.7. The van der Waals surface area contributed by atoms with Gasteiger partial charge in [0, 0.05) is 0 Å². The minimum absolute atomic E-state index is 0.123. The third-order valence-corrected chi connectivity index (χ3v) is 3.55. The fourth-order valence-corrected chi connectivity index (χ4v) is 2.27. The van der Waals surface area contributed by atoms with E-state index in [-0.39, 0.29) is 17.0 Å². The highest BCUT2D eigenvalue weighted by atomic mass is 16.4. The molecule has 7 heteroatoms. The highest BCUT2D eigenvalue weighted by molar-refractivity contribution is 5.86. The van der Waals surface area contributed by atoms with E-state index in [1.54, 1.807) is 23.0 Å². The van der Waals surface area contributed by atoms with E-state index in [2.05, 4.69) is 15.3 Å². The molecule has 1 aromatic carbocycles. The number of hydrogen-bond donors (Lipinski definition) is 1. The zero-order valence-corrected chi connectivity index (χ0v) is 13.3. The van der Waals surface area contributed by atoms with Crippen LogP contribution in [-0.4, -0.2) is 31.1 Å². The predicted molar refractivity (Wildman–Crippen MR) is 90.9 cm³/mol. The first kappa shape index (κ1) is 16.1. The summed E-state index contributed by atoms with van der Waals surface area (Å²) in [6, 6.07) is 12.5. The largest absolute Gasteiger partial charge is 0.477 e. The monoisotopic (exact) mass is 331 g/mol. The summed E-state index contributed by atoms with van der Waals surface area (Å²) < 4.78 is 1.65. The Labute approximate surface area is 143 Å². The van der Waals surface area contributed by atoms with Gasteiger partial charge in [0.25, 0.3) is 0 Å². The predicted octanol–water partition coefficient (Wildman–Crippen LogP) is 2.71. The van der Waals surface area contributed by atoms with Crippen LogP contribution < -0.4 is 0 Å². The molecule has 0 fully saturated rings. The van der Waals surface area contributed by atoms with E-state index in [1.165, 1.54) is 12.1 Å². The molecule has 2 aromatic heterocycles. The molecule has 0 unspecified atom stereocenters. The van der Waals surface area contributed by atoms with Crippen molar-refractivity contribution in [3.8, 4) is 11.8 Å². The van der Waals surface area contributed by atoms with Crippen LogP contribution in [0.15, 0.2) is 42.6 Å². The number of rotatable bonds is 4. The van der Waals surface area contributed by atoms with E-state index >= 15 is 0 Å². The smallest absolute Gasteiger partial charge is 0.354 e.